The SMILES string of the molecule is CCS(=O)(=O)CCC1CCCCCC1Br. The highest BCUT2D eigenvalue weighted by atomic mass is 79.9. The third kappa shape index (κ3) is 4.85. The first-order valence-corrected chi connectivity index (χ1v) is 8.63. The Morgan fingerprint density at radius 2 is 1.87 bits per heavy atom. The van der Waals surface area contributed by atoms with E-state index in [1.807, 2.05) is 0 Å². The minimum Gasteiger partial charge on any atom is -0.229 e. The van der Waals surface area contributed by atoms with Gasteiger partial charge in [0.2, 0.25) is 0 Å². The van der Waals surface area contributed by atoms with Crippen LogP contribution in [-0.2, 0) is 9.84 Å². The van der Waals surface area contributed by atoms with Gasteiger partial charge in [0.05, 0.1) is 5.75 Å². The van der Waals surface area contributed by atoms with E-state index in [1.165, 1.54) is 32.1 Å². The van der Waals surface area contributed by atoms with Gasteiger partial charge in [0.1, 0.15) is 9.84 Å². The maximum atomic E-state index is 11.4. The van der Waals surface area contributed by atoms with E-state index in [2.05, 4.69) is 15.9 Å². The lowest BCUT2D eigenvalue weighted by Crippen LogP contribution is -2.18. The van der Waals surface area contributed by atoms with Gasteiger partial charge >= 0.3 is 0 Å². The van der Waals surface area contributed by atoms with Crippen molar-refractivity contribution < 1.29 is 8.42 Å². The Bertz CT molecular complexity index is 274. The molecular formula is C11H21BrO2S. The molecule has 0 heterocycles. The number of alkyl halides is 1. The second-order valence-electron chi connectivity index (χ2n) is 4.44. The summed E-state index contributed by atoms with van der Waals surface area (Å²) in [6.07, 6.45) is 7.09. The second-order valence-corrected chi connectivity index (χ2v) is 8.09. The van der Waals surface area contributed by atoms with E-state index in [-0.39, 0.29) is 5.75 Å². The van der Waals surface area contributed by atoms with Crippen LogP contribution in [0.25, 0.3) is 0 Å². The van der Waals surface area contributed by atoms with Crippen LogP contribution in [0.2, 0.25) is 0 Å². The predicted molar refractivity (Wildman–Crippen MR) is 68.2 cm³/mol. The van der Waals surface area contributed by atoms with Crippen molar-refractivity contribution in [1.29, 1.82) is 0 Å². The standard InChI is InChI=1S/C11H21BrO2S/c1-2-15(13,14)9-8-10-6-4-3-5-7-11(10)12/h10-11H,2-9H2,1H3. The maximum Gasteiger partial charge on any atom is 0.150 e. The summed E-state index contributed by atoms with van der Waals surface area (Å²) in [7, 11) is -2.78. The summed E-state index contributed by atoms with van der Waals surface area (Å²) in [6, 6.07) is 0. The van der Waals surface area contributed by atoms with E-state index in [9.17, 15) is 8.42 Å². The molecule has 1 fully saturated rings. The first-order valence-electron chi connectivity index (χ1n) is 5.89. The zero-order valence-electron chi connectivity index (χ0n) is 9.41. The molecule has 0 radical (unpaired) electrons. The molecule has 0 N–H and O–H groups in total. The Morgan fingerprint density at radius 3 is 2.53 bits per heavy atom. The summed E-state index contributed by atoms with van der Waals surface area (Å²) < 4.78 is 22.8. The topological polar surface area (TPSA) is 34.1 Å². The second kappa shape index (κ2) is 6.24. The summed E-state index contributed by atoms with van der Waals surface area (Å²) in [5.41, 5.74) is 0. The Kier molecular flexibility index (Phi) is 5.61. The molecule has 0 aromatic carbocycles. The van der Waals surface area contributed by atoms with Gasteiger partial charge in [-0.25, -0.2) is 8.42 Å². The van der Waals surface area contributed by atoms with Gasteiger partial charge in [-0.05, 0) is 25.2 Å². The molecule has 0 spiro atoms. The van der Waals surface area contributed by atoms with Crippen LogP contribution in [0.15, 0.2) is 0 Å². The minimum absolute atomic E-state index is 0.284. The maximum absolute atomic E-state index is 11.4. The van der Waals surface area contributed by atoms with Crippen LogP contribution < -0.4 is 0 Å². The highest BCUT2D eigenvalue weighted by Gasteiger charge is 2.22. The van der Waals surface area contributed by atoms with E-state index >= 15 is 0 Å². The molecule has 2 nitrogen and oxygen atoms in total. The molecule has 0 aromatic rings. The van der Waals surface area contributed by atoms with Gasteiger partial charge in [-0.3, -0.25) is 0 Å². The van der Waals surface area contributed by atoms with Gasteiger partial charge in [0, 0.05) is 10.6 Å². The van der Waals surface area contributed by atoms with Gasteiger partial charge in [0.25, 0.3) is 0 Å². The van der Waals surface area contributed by atoms with Crippen molar-refractivity contribution in [2.45, 2.75) is 50.3 Å². The lowest BCUT2D eigenvalue weighted by atomic mass is 9.98. The quantitative estimate of drug-likeness (QED) is 0.590. The molecule has 90 valence electrons. The Hall–Kier alpha value is 0.430. The molecule has 0 bridgehead atoms. The number of hydrogen-bond donors (Lipinski definition) is 0. The number of halogens is 1. The van der Waals surface area contributed by atoms with Gasteiger partial charge in [-0.2, -0.15) is 0 Å². The third-order valence-electron chi connectivity index (χ3n) is 3.31. The number of rotatable bonds is 4. The molecular weight excluding hydrogens is 276 g/mol. The predicted octanol–water partition coefficient (Wildman–Crippen LogP) is 3.16. The minimum atomic E-state index is -2.78. The molecule has 0 aromatic heterocycles. The molecule has 0 amide bonds. The van der Waals surface area contributed by atoms with Crippen LogP contribution in [0, 0.1) is 5.92 Å². The van der Waals surface area contributed by atoms with Gasteiger partial charge in [0.15, 0.2) is 0 Å². The van der Waals surface area contributed by atoms with E-state index in [1.54, 1.807) is 6.92 Å². The van der Waals surface area contributed by atoms with Crippen LogP contribution in [0.1, 0.15) is 45.4 Å². The zero-order valence-corrected chi connectivity index (χ0v) is 11.8. The largest absolute Gasteiger partial charge is 0.229 e. The van der Waals surface area contributed by atoms with Crippen molar-refractivity contribution in [3.63, 3.8) is 0 Å². The van der Waals surface area contributed by atoms with Crippen LogP contribution >= 0.6 is 15.9 Å². The van der Waals surface area contributed by atoms with Crippen molar-refractivity contribution in [2.75, 3.05) is 11.5 Å². The monoisotopic (exact) mass is 296 g/mol. The van der Waals surface area contributed by atoms with Crippen molar-refractivity contribution in [3.8, 4) is 0 Å². The highest BCUT2D eigenvalue weighted by Crippen LogP contribution is 2.31. The Balaban J connectivity index is 2.42. The van der Waals surface area contributed by atoms with Gasteiger partial charge in [-0.15, -0.1) is 0 Å². The van der Waals surface area contributed by atoms with E-state index < -0.39 is 9.84 Å². The average Bonchev–Trinajstić information content (AvgIpc) is 2.40. The van der Waals surface area contributed by atoms with Crippen LogP contribution in [0.4, 0.5) is 0 Å². The van der Waals surface area contributed by atoms with Crippen molar-refractivity contribution >= 4 is 25.8 Å². The Labute approximate surface area is 102 Å². The lowest BCUT2D eigenvalue weighted by Gasteiger charge is -2.19. The molecule has 2 atom stereocenters. The van der Waals surface area contributed by atoms with Crippen molar-refractivity contribution in [3.05, 3.63) is 0 Å². The summed E-state index contributed by atoms with van der Waals surface area (Å²) in [5.74, 6) is 1.22. The summed E-state index contributed by atoms with van der Waals surface area (Å²) in [5, 5.41) is 0. The fourth-order valence-electron chi connectivity index (χ4n) is 2.14. The molecule has 0 saturated heterocycles. The van der Waals surface area contributed by atoms with E-state index in [0.29, 0.717) is 16.5 Å². The summed E-state index contributed by atoms with van der Waals surface area (Å²) >= 11 is 3.70. The van der Waals surface area contributed by atoms with Crippen LogP contribution in [0.5, 0.6) is 0 Å². The molecule has 15 heavy (non-hydrogen) atoms. The molecule has 1 rings (SSSR count). The molecule has 1 aliphatic rings. The fraction of sp³-hybridized carbons (Fsp3) is 1.00. The highest BCUT2D eigenvalue weighted by molar-refractivity contribution is 9.09. The lowest BCUT2D eigenvalue weighted by molar-refractivity contribution is 0.461. The smallest absolute Gasteiger partial charge is 0.150 e. The van der Waals surface area contributed by atoms with Crippen LogP contribution in [-0.4, -0.2) is 24.8 Å². The average molecular weight is 297 g/mol. The first kappa shape index (κ1) is 13.5. The first-order chi connectivity index (χ1) is 7.05. The molecule has 4 heteroatoms. The normalized spacial score (nSPS) is 28.7. The molecule has 1 aliphatic carbocycles. The summed E-state index contributed by atoms with van der Waals surface area (Å²) in [6.45, 7) is 1.73. The van der Waals surface area contributed by atoms with Crippen molar-refractivity contribution in [1.82, 2.24) is 0 Å². The molecule has 2 unspecified atom stereocenters. The summed E-state index contributed by atoms with van der Waals surface area (Å²) in [4.78, 5) is 0.534. The number of sulfone groups is 1. The van der Waals surface area contributed by atoms with Gasteiger partial charge in [-0.1, -0.05) is 42.1 Å². The Morgan fingerprint density at radius 1 is 1.20 bits per heavy atom. The van der Waals surface area contributed by atoms with Gasteiger partial charge < -0.3 is 0 Å². The van der Waals surface area contributed by atoms with E-state index in [0.717, 1.165) is 6.42 Å². The van der Waals surface area contributed by atoms with E-state index in [4.69, 9.17) is 0 Å². The zero-order chi connectivity index (χ0) is 11.3. The number of hydrogen-bond acceptors (Lipinski definition) is 2. The third-order valence-corrected chi connectivity index (χ3v) is 6.25. The fourth-order valence-corrected chi connectivity index (χ4v) is 3.94. The molecule has 0 aliphatic heterocycles. The van der Waals surface area contributed by atoms with Crippen LogP contribution in [0.3, 0.4) is 0 Å². The van der Waals surface area contributed by atoms with Crippen molar-refractivity contribution in [2.24, 2.45) is 5.92 Å². The molecule has 1 saturated carbocycles.